The first-order valence-corrected chi connectivity index (χ1v) is 7.94. The second-order valence-corrected chi connectivity index (χ2v) is 5.71. The lowest BCUT2D eigenvalue weighted by atomic mass is 10.2. The van der Waals surface area contributed by atoms with Crippen molar-refractivity contribution >= 4 is 17.3 Å². The number of anilines is 1. The Balaban J connectivity index is 1.83. The van der Waals surface area contributed by atoms with Crippen molar-refractivity contribution in [3.8, 4) is 0 Å². The molecule has 1 amide bonds. The van der Waals surface area contributed by atoms with Crippen molar-refractivity contribution in [1.82, 2.24) is 4.57 Å². The number of hydrogen-bond donors (Lipinski definition) is 1. The van der Waals surface area contributed by atoms with Crippen molar-refractivity contribution in [1.29, 1.82) is 0 Å². The van der Waals surface area contributed by atoms with Crippen molar-refractivity contribution in [3.05, 3.63) is 104 Å². The standard InChI is InChI=1S/C19H14FN3O4/c20-16-5-1-2-6-17(16)21-18(24)15-4-3-11-22(19(15)25)12-13-7-9-14(10-8-13)23(26)27/h1-11H,12H2,(H,21,24). The van der Waals surface area contributed by atoms with Crippen LogP contribution in [0, 0.1) is 15.9 Å². The van der Waals surface area contributed by atoms with E-state index in [2.05, 4.69) is 5.32 Å². The minimum atomic E-state index is -0.719. The third-order valence-corrected chi connectivity index (χ3v) is 3.89. The fourth-order valence-electron chi connectivity index (χ4n) is 2.51. The molecule has 0 atom stereocenters. The molecule has 1 N–H and O–H groups in total. The number of benzene rings is 2. The van der Waals surface area contributed by atoms with Crippen LogP contribution in [0.5, 0.6) is 0 Å². The maximum atomic E-state index is 13.7. The Morgan fingerprint density at radius 2 is 1.78 bits per heavy atom. The minimum Gasteiger partial charge on any atom is -0.319 e. The summed E-state index contributed by atoms with van der Waals surface area (Å²) in [5.41, 5.74) is -0.0986. The van der Waals surface area contributed by atoms with E-state index in [0.717, 1.165) is 0 Å². The van der Waals surface area contributed by atoms with Crippen LogP contribution in [0.15, 0.2) is 71.7 Å². The second kappa shape index (κ2) is 7.61. The number of halogens is 1. The molecule has 0 bridgehead atoms. The predicted octanol–water partition coefficient (Wildman–Crippen LogP) is 3.20. The number of nitro groups is 1. The van der Waals surface area contributed by atoms with Crippen LogP contribution >= 0.6 is 0 Å². The number of carbonyl (C=O) groups is 1. The monoisotopic (exact) mass is 367 g/mol. The van der Waals surface area contributed by atoms with Crippen molar-refractivity contribution in [2.45, 2.75) is 6.54 Å². The first kappa shape index (κ1) is 18.0. The Morgan fingerprint density at radius 3 is 2.44 bits per heavy atom. The zero-order valence-electron chi connectivity index (χ0n) is 14.0. The number of nitrogens with zero attached hydrogens (tertiary/aromatic N) is 2. The Hall–Kier alpha value is -3.81. The normalized spacial score (nSPS) is 10.4. The summed E-state index contributed by atoms with van der Waals surface area (Å²) in [6.45, 7) is 0.137. The van der Waals surface area contributed by atoms with Gasteiger partial charge in [-0.1, -0.05) is 24.3 Å². The van der Waals surface area contributed by atoms with Gasteiger partial charge in [-0.05, 0) is 29.8 Å². The molecule has 3 rings (SSSR count). The Labute approximate surface area is 152 Å². The average Bonchev–Trinajstić information content (AvgIpc) is 2.65. The van der Waals surface area contributed by atoms with Crippen molar-refractivity contribution < 1.29 is 14.1 Å². The highest BCUT2D eigenvalue weighted by Gasteiger charge is 2.14. The van der Waals surface area contributed by atoms with Gasteiger partial charge in [0.15, 0.2) is 0 Å². The number of carbonyl (C=O) groups excluding carboxylic acids is 1. The fourth-order valence-corrected chi connectivity index (χ4v) is 2.51. The summed E-state index contributed by atoms with van der Waals surface area (Å²) in [5, 5.41) is 13.1. The number of pyridine rings is 1. The number of rotatable bonds is 5. The Kier molecular flexibility index (Phi) is 5.07. The summed E-state index contributed by atoms with van der Waals surface area (Å²) in [5.74, 6) is -1.32. The van der Waals surface area contributed by atoms with Gasteiger partial charge < -0.3 is 9.88 Å². The summed E-state index contributed by atoms with van der Waals surface area (Å²) >= 11 is 0. The summed E-state index contributed by atoms with van der Waals surface area (Å²) < 4.78 is 15.0. The van der Waals surface area contributed by atoms with Crippen LogP contribution in [0.4, 0.5) is 15.8 Å². The first-order chi connectivity index (χ1) is 13.0. The number of nitro benzene ring substituents is 1. The highest BCUT2D eigenvalue weighted by molar-refractivity contribution is 6.04. The van der Waals surface area contributed by atoms with Gasteiger partial charge in [-0.2, -0.15) is 0 Å². The molecule has 0 aliphatic heterocycles. The molecule has 0 saturated carbocycles. The SMILES string of the molecule is O=C(Nc1ccccc1F)c1cccn(Cc2ccc([N+](=O)[O-])cc2)c1=O. The summed E-state index contributed by atoms with van der Waals surface area (Å²) in [7, 11) is 0. The second-order valence-electron chi connectivity index (χ2n) is 5.71. The molecule has 0 aliphatic rings. The lowest BCUT2D eigenvalue weighted by Gasteiger charge is -2.09. The van der Waals surface area contributed by atoms with Gasteiger partial charge in [0.1, 0.15) is 11.4 Å². The molecule has 7 nitrogen and oxygen atoms in total. The molecule has 0 aliphatic carbocycles. The summed E-state index contributed by atoms with van der Waals surface area (Å²) in [4.78, 5) is 35.1. The van der Waals surface area contributed by atoms with Crippen LogP contribution in [0.3, 0.4) is 0 Å². The minimum absolute atomic E-state index is 0.0207. The van der Waals surface area contributed by atoms with Gasteiger partial charge in [0.05, 0.1) is 17.2 Å². The molecule has 0 radical (unpaired) electrons. The molecule has 0 unspecified atom stereocenters. The van der Waals surface area contributed by atoms with E-state index >= 15 is 0 Å². The summed E-state index contributed by atoms with van der Waals surface area (Å²) in [6.07, 6.45) is 1.50. The molecule has 3 aromatic rings. The molecule has 0 fully saturated rings. The molecule has 2 aromatic carbocycles. The van der Waals surface area contributed by atoms with Gasteiger partial charge >= 0.3 is 0 Å². The van der Waals surface area contributed by atoms with E-state index in [1.54, 1.807) is 6.07 Å². The van der Waals surface area contributed by atoms with Gasteiger partial charge in [0, 0.05) is 18.3 Å². The predicted molar refractivity (Wildman–Crippen MR) is 97.3 cm³/mol. The third-order valence-electron chi connectivity index (χ3n) is 3.89. The Bertz CT molecular complexity index is 1060. The van der Waals surface area contributed by atoms with E-state index in [0.29, 0.717) is 5.56 Å². The van der Waals surface area contributed by atoms with Gasteiger partial charge in [-0.3, -0.25) is 19.7 Å². The van der Waals surface area contributed by atoms with Crippen LogP contribution in [0.25, 0.3) is 0 Å². The van der Waals surface area contributed by atoms with Gasteiger partial charge in [0.2, 0.25) is 0 Å². The topological polar surface area (TPSA) is 94.2 Å². The van der Waals surface area contributed by atoms with Crippen LogP contribution < -0.4 is 10.9 Å². The molecular weight excluding hydrogens is 353 g/mol. The van der Waals surface area contributed by atoms with E-state index in [9.17, 15) is 24.1 Å². The molecule has 1 heterocycles. The van der Waals surface area contributed by atoms with E-state index in [1.165, 1.54) is 65.4 Å². The molecule has 8 heteroatoms. The molecule has 1 aromatic heterocycles. The van der Waals surface area contributed by atoms with Gasteiger partial charge in [-0.25, -0.2) is 4.39 Å². The molecule has 136 valence electrons. The van der Waals surface area contributed by atoms with E-state index in [4.69, 9.17) is 0 Å². The van der Waals surface area contributed by atoms with E-state index < -0.39 is 22.2 Å². The molecule has 27 heavy (non-hydrogen) atoms. The zero-order valence-corrected chi connectivity index (χ0v) is 14.0. The first-order valence-electron chi connectivity index (χ1n) is 7.94. The number of non-ortho nitro benzene ring substituents is 1. The zero-order chi connectivity index (χ0) is 19.4. The van der Waals surface area contributed by atoms with E-state index in [1.807, 2.05) is 0 Å². The molecule has 0 spiro atoms. The van der Waals surface area contributed by atoms with E-state index in [-0.39, 0.29) is 23.5 Å². The number of nitrogens with one attached hydrogen (secondary N) is 1. The average molecular weight is 367 g/mol. The maximum absolute atomic E-state index is 13.7. The number of aromatic nitrogens is 1. The molecule has 0 saturated heterocycles. The van der Waals surface area contributed by atoms with Crippen LogP contribution in [-0.4, -0.2) is 15.4 Å². The van der Waals surface area contributed by atoms with Crippen LogP contribution in [0.1, 0.15) is 15.9 Å². The number of amides is 1. The maximum Gasteiger partial charge on any atom is 0.269 e. The third kappa shape index (κ3) is 4.06. The van der Waals surface area contributed by atoms with Crippen molar-refractivity contribution in [3.63, 3.8) is 0 Å². The highest BCUT2D eigenvalue weighted by Crippen LogP contribution is 2.14. The largest absolute Gasteiger partial charge is 0.319 e. The van der Waals surface area contributed by atoms with Crippen LogP contribution in [0.2, 0.25) is 0 Å². The van der Waals surface area contributed by atoms with Crippen molar-refractivity contribution in [2.75, 3.05) is 5.32 Å². The smallest absolute Gasteiger partial charge is 0.269 e. The number of hydrogen-bond acceptors (Lipinski definition) is 4. The highest BCUT2D eigenvalue weighted by atomic mass is 19.1. The van der Waals surface area contributed by atoms with Crippen molar-refractivity contribution in [2.24, 2.45) is 0 Å². The van der Waals surface area contributed by atoms with Gasteiger partial charge in [-0.15, -0.1) is 0 Å². The molecular formula is C19H14FN3O4. The van der Waals surface area contributed by atoms with Gasteiger partial charge in [0.25, 0.3) is 17.2 Å². The Morgan fingerprint density at radius 1 is 1.07 bits per heavy atom. The lowest BCUT2D eigenvalue weighted by Crippen LogP contribution is -2.29. The quantitative estimate of drug-likeness (QED) is 0.553. The number of para-hydroxylation sites is 1. The fraction of sp³-hybridized carbons (Fsp3) is 0.0526. The lowest BCUT2D eigenvalue weighted by molar-refractivity contribution is -0.384. The van der Waals surface area contributed by atoms with Crippen LogP contribution in [-0.2, 0) is 6.54 Å². The summed E-state index contributed by atoms with van der Waals surface area (Å²) in [6, 6.07) is 14.3.